The molecule has 5 N–H and O–H groups in total. The monoisotopic (exact) mass is 953 g/mol. The Hall–Kier alpha value is -8.69. The zero-order valence-electron chi connectivity index (χ0n) is 39.4. The summed E-state index contributed by atoms with van der Waals surface area (Å²) in [5, 5.41) is 8.67. The Morgan fingerprint density at radius 3 is 2.26 bits per heavy atom. The van der Waals surface area contributed by atoms with E-state index in [1.165, 1.54) is 36.3 Å². The minimum atomic E-state index is -0.688. The lowest BCUT2D eigenvalue weighted by molar-refractivity contribution is -0.138. The number of aryl methyl sites for hydroxylation is 4. The summed E-state index contributed by atoms with van der Waals surface area (Å²) in [6.45, 7) is 8.68. The number of ether oxygens (including phenoxy) is 2. The normalized spacial score (nSPS) is 12.6. The number of aromatic nitrogens is 8. The van der Waals surface area contributed by atoms with Gasteiger partial charge in [0, 0.05) is 93.4 Å². The molecule has 22 heteroatoms. The van der Waals surface area contributed by atoms with Crippen LogP contribution in [-0.2, 0) is 40.4 Å². The van der Waals surface area contributed by atoms with E-state index in [4.69, 9.17) is 40.3 Å². The zero-order valence-corrected chi connectivity index (χ0v) is 39.4. The quantitative estimate of drug-likeness (QED) is 0.0548. The topological polar surface area (TPSA) is 284 Å². The number of amides is 6. The van der Waals surface area contributed by atoms with Gasteiger partial charge >= 0.3 is 0 Å². The number of nitrogens with zero attached hydrogens (tertiary/aromatic N) is 10. The summed E-state index contributed by atoms with van der Waals surface area (Å²) < 4.78 is 23.3. The maximum Gasteiger partial charge on any atom is 0.295 e. The van der Waals surface area contributed by atoms with Crippen molar-refractivity contribution in [3.05, 3.63) is 95.0 Å². The van der Waals surface area contributed by atoms with Crippen LogP contribution in [0.2, 0.25) is 0 Å². The van der Waals surface area contributed by atoms with Gasteiger partial charge in [0.25, 0.3) is 17.7 Å². The highest BCUT2D eigenvalue weighted by atomic mass is 16.5. The molecule has 0 radical (unpaired) electrons. The number of carbonyl (C=O) groups excluding carboxylic acids is 6. The number of carbonyl (C=O) groups is 6. The van der Waals surface area contributed by atoms with Gasteiger partial charge in [0.05, 0.1) is 36.1 Å². The Labute approximate surface area is 399 Å². The van der Waals surface area contributed by atoms with Gasteiger partial charge in [-0.2, -0.15) is 5.10 Å². The number of anilines is 1. The van der Waals surface area contributed by atoms with Crippen LogP contribution in [0.3, 0.4) is 0 Å². The molecule has 22 nitrogen and oxygen atoms in total. The molecule has 7 aromatic rings. The van der Waals surface area contributed by atoms with Crippen LogP contribution in [0, 0.1) is 13.8 Å². The molecule has 0 saturated carbocycles. The highest BCUT2D eigenvalue weighted by molar-refractivity contribution is 6.13. The van der Waals surface area contributed by atoms with E-state index in [1.807, 2.05) is 48.2 Å². The number of hydrogen-bond donors (Lipinski definition) is 3. The number of allylic oxidation sites excluding steroid dienone is 2. The first kappa shape index (κ1) is 47.8. The third-order valence-electron chi connectivity index (χ3n) is 11.8. The number of imide groups is 1. The van der Waals surface area contributed by atoms with E-state index in [9.17, 15) is 28.8 Å². The number of hydrogen-bond acceptors (Lipinski definition) is 14. The molecule has 0 unspecified atom stereocenters. The number of benzene rings is 2. The Balaban J connectivity index is 1.14. The van der Waals surface area contributed by atoms with Crippen LogP contribution in [0.5, 0.6) is 11.5 Å². The summed E-state index contributed by atoms with van der Waals surface area (Å²) >= 11 is 0. The van der Waals surface area contributed by atoms with Gasteiger partial charge < -0.3 is 39.4 Å². The predicted octanol–water partition coefficient (Wildman–Crippen LogP) is 4.24. The van der Waals surface area contributed by atoms with E-state index < -0.39 is 29.5 Å². The number of fused-ring (bicyclic) bond motifs is 4. The first-order chi connectivity index (χ1) is 33.6. The van der Waals surface area contributed by atoms with Gasteiger partial charge in [-0.15, -0.1) is 0 Å². The fourth-order valence-corrected chi connectivity index (χ4v) is 8.35. The van der Waals surface area contributed by atoms with Crippen LogP contribution in [0.15, 0.2) is 65.2 Å². The Kier molecular flexibility index (Phi) is 13.6. The fraction of sp³-hybridized carbons (Fsp3) is 0.312. The second kappa shape index (κ2) is 19.9. The third kappa shape index (κ3) is 9.42. The Morgan fingerprint density at radius 2 is 1.57 bits per heavy atom. The molecule has 1 aliphatic rings. The van der Waals surface area contributed by atoms with Crippen molar-refractivity contribution in [2.75, 3.05) is 39.2 Å². The molecule has 6 heterocycles. The van der Waals surface area contributed by atoms with Crippen molar-refractivity contribution in [1.82, 2.24) is 48.7 Å². The number of nitrogens with one attached hydrogen (secondary N) is 1. The maximum atomic E-state index is 13.7. The predicted molar refractivity (Wildman–Crippen MR) is 256 cm³/mol. The first-order valence-corrected chi connectivity index (χ1v) is 22.5. The number of oxazole rings is 1. The van der Waals surface area contributed by atoms with Crippen LogP contribution in [0.4, 0.5) is 5.95 Å². The molecule has 2 aromatic carbocycles. The minimum Gasteiger partial charge on any atom is -0.494 e. The van der Waals surface area contributed by atoms with Gasteiger partial charge in [-0.25, -0.2) is 19.9 Å². The van der Waals surface area contributed by atoms with E-state index >= 15 is 0 Å². The molecule has 0 aliphatic carbocycles. The lowest BCUT2D eigenvalue weighted by atomic mass is 10.1. The van der Waals surface area contributed by atoms with Crippen LogP contribution in [0.25, 0.3) is 44.5 Å². The largest absolute Gasteiger partial charge is 0.494 e. The van der Waals surface area contributed by atoms with E-state index in [0.717, 1.165) is 10.6 Å². The molecule has 1 aliphatic heterocycles. The SMILES string of the molecule is CCc1nc(C)oc1C(=O)Nc1nc2cc(C(N)=O)cc(OC)c2n1C/C=C/Cn1c2nc(-c3cc(C)nn3CC)ncc2c2cc(C(N)=O)cc(OCCCN(C)C(=O)CCN3C(=O)C=CC3=O)c21. The number of primary amides is 2. The van der Waals surface area contributed by atoms with Crippen molar-refractivity contribution in [1.29, 1.82) is 0 Å². The summed E-state index contributed by atoms with van der Waals surface area (Å²) in [5.41, 5.74) is 15.8. The van der Waals surface area contributed by atoms with Crippen LogP contribution < -0.4 is 26.3 Å². The van der Waals surface area contributed by atoms with Crippen molar-refractivity contribution in [2.24, 2.45) is 11.5 Å². The van der Waals surface area contributed by atoms with E-state index in [0.29, 0.717) is 93.5 Å². The summed E-state index contributed by atoms with van der Waals surface area (Å²) in [4.78, 5) is 97.1. The molecule has 0 saturated heterocycles. The highest BCUT2D eigenvalue weighted by Gasteiger charge is 2.26. The second-order valence-electron chi connectivity index (χ2n) is 16.4. The molecule has 0 atom stereocenters. The minimum absolute atomic E-state index is 0.0297. The lowest BCUT2D eigenvalue weighted by Gasteiger charge is -2.19. The smallest absolute Gasteiger partial charge is 0.295 e. The van der Waals surface area contributed by atoms with Crippen molar-refractivity contribution in [3.8, 4) is 23.0 Å². The summed E-state index contributed by atoms with van der Waals surface area (Å²) in [5.74, 6) is -1.54. The number of nitrogens with two attached hydrogens (primary N) is 2. The summed E-state index contributed by atoms with van der Waals surface area (Å²) in [6, 6.07) is 8.17. The Bertz CT molecular complexity index is 3300. The van der Waals surface area contributed by atoms with Gasteiger partial charge in [-0.1, -0.05) is 19.1 Å². The van der Waals surface area contributed by atoms with Crippen LogP contribution >= 0.6 is 0 Å². The molecule has 5 aromatic heterocycles. The number of imidazole rings is 1. The summed E-state index contributed by atoms with van der Waals surface area (Å²) in [7, 11) is 3.08. The van der Waals surface area contributed by atoms with Gasteiger partial charge in [0.1, 0.15) is 28.4 Å². The fourth-order valence-electron chi connectivity index (χ4n) is 8.35. The average Bonchev–Trinajstić information content (AvgIpc) is 4.16. The van der Waals surface area contributed by atoms with Gasteiger partial charge in [0.15, 0.2) is 11.7 Å². The molecule has 6 amide bonds. The number of rotatable bonds is 20. The van der Waals surface area contributed by atoms with Crippen molar-refractivity contribution in [2.45, 2.75) is 66.6 Å². The van der Waals surface area contributed by atoms with Crippen molar-refractivity contribution >= 4 is 74.4 Å². The van der Waals surface area contributed by atoms with Crippen LogP contribution in [-0.4, -0.2) is 118 Å². The average molecular weight is 954 g/mol. The van der Waals surface area contributed by atoms with Crippen molar-refractivity contribution < 1.29 is 42.7 Å². The number of methoxy groups -OCH3 is 1. The highest BCUT2D eigenvalue weighted by Crippen LogP contribution is 2.37. The van der Waals surface area contributed by atoms with Gasteiger partial charge in [0.2, 0.25) is 29.4 Å². The summed E-state index contributed by atoms with van der Waals surface area (Å²) in [6.07, 6.45) is 8.60. The molecule has 8 rings (SSSR count). The van der Waals surface area contributed by atoms with Gasteiger partial charge in [-0.3, -0.25) is 43.7 Å². The molecule has 70 heavy (non-hydrogen) atoms. The van der Waals surface area contributed by atoms with Crippen molar-refractivity contribution in [3.63, 3.8) is 0 Å². The first-order valence-electron chi connectivity index (χ1n) is 22.5. The lowest BCUT2D eigenvalue weighted by Crippen LogP contribution is -2.36. The zero-order chi connectivity index (χ0) is 50.0. The third-order valence-corrected chi connectivity index (χ3v) is 11.8. The maximum absolute atomic E-state index is 13.7. The standard InChI is InChI=1S/C48H51N13O9/c1-7-32-42(70-27(4)52-32)47(67)55-48-53-33-22-29(44(50)66)23-35(68-6)41(33)60(48)17-10-9-16-59-40-30(31-25-51-45(54-46(31)59)34-20-26(3)56-61(34)8-2)21-28(43(49)65)24-36(40)69-19-11-15-57(5)37(62)14-18-58-38(63)12-13-39(58)64/h9-10,12-13,20-25H,7-8,11,14-19H2,1-6H3,(H2,49,65)(H2,50,66)(H,53,55,67)/b10-9+. The second-order valence-corrected chi connectivity index (χ2v) is 16.4. The molecule has 0 bridgehead atoms. The van der Waals surface area contributed by atoms with E-state index in [2.05, 4.69) is 15.4 Å². The molecular weight excluding hydrogens is 903 g/mol. The van der Waals surface area contributed by atoms with Crippen LogP contribution in [0.1, 0.15) is 75.2 Å². The molecular formula is C48H51N13O9. The van der Waals surface area contributed by atoms with E-state index in [-0.39, 0.29) is 61.4 Å². The van der Waals surface area contributed by atoms with Gasteiger partial charge in [-0.05, 0) is 57.0 Å². The molecule has 0 spiro atoms. The Morgan fingerprint density at radius 1 is 0.871 bits per heavy atom. The van der Waals surface area contributed by atoms with E-state index in [1.54, 1.807) is 36.9 Å². The molecule has 0 fully saturated rings. The molecule has 362 valence electrons.